The summed E-state index contributed by atoms with van der Waals surface area (Å²) >= 11 is 0. The van der Waals surface area contributed by atoms with Crippen molar-refractivity contribution in [1.29, 1.82) is 0 Å². The van der Waals surface area contributed by atoms with Crippen LogP contribution in [0, 0.1) is 12.8 Å². The lowest BCUT2D eigenvalue weighted by atomic mass is 9.80. The fourth-order valence-electron chi connectivity index (χ4n) is 3.42. The van der Waals surface area contributed by atoms with Crippen molar-refractivity contribution in [3.05, 3.63) is 35.5 Å². The third kappa shape index (κ3) is 2.28. The Labute approximate surface area is 113 Å². The van der Waals surface area contributed by atoms with Crippen molar-refractivity contribution in [2.75, 3.05) is 0 Å². The van der Waals surface area contributed by atoms with Gasteiger partial charge in [0.25, 0.3) is 0 Å². The zero-order valence-electron chi connectivity index (χ0n) is 11.4. The normalized spacial score (nSPS) is 25.6. The SMILES string of the molecule is Cc1[nH]c2ccccc2c1C(N)C1CCC(O)CC1. The van der Waals surface area contributed by atoms with E-state index in [2.05, 4.69) is 30.1 Å². The van der Waals surface area contributed by atoms with Gasteiger partial charge in [-0.3, -0.25) is 0 Å². The van der Waals surface area contributed by atoms with E-state index in [1.165, 1.54) is 22.2 Å². The van der Waals surface area contributed by atoms with E-state index in [1.807, 2.05) is 6.07 Å². The number of aromatic nitrogens is 1. The zero-order valence-corrected chi connectivity index (χ0v) is 11.4. The number of aliphatic hydroxyl groups excluding tert-OH is 1. The van der Waals surface area contributed by atoms with Crippen LogP contribution in [0.2, 0.25) is 0 Å². The van der Waals surface area contributed by atoms with Crippen LogP contribution in [0.5, 0.6) is 0 Å². The van der Waals surface area contributed by atoms with E-state index in [0.717, 1.165) is 25.7 Å². The Kier molecular flexibility index (Phi) is 3.33. The van der Waals surface area contributed by atoms with Gasteiger partial charge in [-0.15, -0.1) is 0 Å². The van der Waals surface area contributed by atoms with E-state index in [4.69, 9.17) is 5.73 Å². The molecule has 0 amide bonds. The Bertz CT molecular complexity index is 567. The molecule has 1 aromatic heterocycles. The second-order valence-corrected chi connectivity index (χ2v) is 5.80. The van der Waals surface area contributed by atoms with E-state index >= 15 is 0 Å². The Morgan fingerprint density at radius 1 is 1.21 bits per heavy atom. The van der Waals surface area contributed by atoms with E-state index in [-0.39, 0.29) is 12.1 Å². The van der Waals surface area contributed by atoms with Crippen molar-refractivity contribution in [2.45, 2.75) is 44.8 Å². The van der Waals surface area contributed by atoms with Gasteiger partial charge < -0.3 is 15.8 Å². The number of rotatable bonds is 2. The lowest BCUT2D eigenvalue weighted by molar-refractivity contribution is 0.102. The summed E-state index contributed by atoms with van der Waals surface area (Å²) < 4.78 is 0. The monoisotopic (exact) mass is 258 g/mol. The number of fused-ring (bicyclic) bond motifs is 1. The van der Waals surface area contributed by atoms with Crippen LogP contribution in [0.1, 0.15) is 43.0 Å². The molecule has 2 aromatic rings. The molecule has 0 spiro atoms. The van der Waals surface area contributed by atoms with Gasteiger partial charge in [-0.05, 0) is 50.2 Å². The van der Waals surface area contributed by atoms with Crippen molar-refractivity contribution < 1.29 is 5.11 Å². The summed E-state index contributed by atoms with van der Waals surface area (Å²) in [6.45, 7) is 2.10. The number of nitrogens with one attached hydrogen (secondary N) is 1. The topological polar surface area (TPSA) is 62.0 Å². The molecule has 1 unspecified atom stereocenters. The number of aryl methyl sites for hydroxylation is 1. The largest absolute Gasteiger partial charge is 0.393 e. The highest BCUT2D eigenvalue weighted by atomic mass is 16.3. The van der Waals surface area contributed by atoms with Gasteiger partial charge in [0.05, 0.1) is 6.10 Å². The highest BCUT2D eigenvalue weighted by molar-refractivity contribution is 5.85. The van der Waals surface area contributed by atoms with E-state index < -0.39 is 0 Å². The zero-order chi connectivity index (χ0) is 13.4. The van der Waals surface area contributed by atoms with Gasteiger partial charge in [-0.25, -0.2) is 0 Å². The average molecular weight is 258 g/mol. The van der Waals surface area contributed by atoms with Crippen LogP contribution in [0.4, 0.5) is 0 Å². The Morgan fingerprint density at radius 3 is 2.63 bits per heavy atom. The molecule has 1 aromatic carbocycles. The minimum Gasteiger partial charge on any atom is -0.393 e. The molecular formula is C16H22N2O. The first-order valence-electron chi connectivity index (χ1n) is 7.17. The van der Waals surface area contributed by atoms with Crippen LogP contribution in [0.15, 0.2) is 24.3 Å². The molecule has 1 aliphatic carbocycles. The van der Waals surface area contributed by atoms with Crippen LogP contribution in [0.3, 0.4) is 0 Å². The minimum atomic E-state index is -0.118. The molecule has 3 heteroatoms. The van der Waals surface area contributed by atoms with Crippen LogP contribution >= 0.6 is 0 Å². The van der Waals surface area contributed by atoms with Crippen LogP contribution in [-0.2, 0) is 0 Å². The third-order valence-electron chi connectivity index (χ3n) is 4.53. The first-order chi connectivity index (χ1) is 9.16. The van der Waals surface area contributed by atoms with Crippen molar-refractivity contribution in [2.24, 2.45) is 11.7 Å². The van der Waals surface area contributed by atoms with Crippen LogP contribution in [-0.4, -0.2) is 16.2 Å². The molecule has 102 valence electrons. The molecule has 3 nitrogen and oxygen atoms in total. The predicted octanol–water partition coefficient (Wildman–Crippen LogP) is 3.03. The quantitative estimate of drug-likeness (QED) is 0.775. The first-order valence-corrected chi connectivity index (χ1v) is 7.17. The number of aliphatic hydroxyl groups is 1. The number of H-pyrrole nitrogens is 1. The summed E-state index contributed by atoms with van der Waals surface area (Å²) in [6.07, 6.45) is 3.72. The second-order valence-electron chi connectivity index (χ2n) is 5.80. The van der Waals surface area contributed by atoms with Gasteiger partial charge in [0.15, 0.2) is 0 Å². The molecule has 1 aliphatic rings. The van der Waals surface area contributed by atoms with Crippen LogP contribution in [0.25, 0.3) is 10.9 Å². The maximum atomic E-state index is 9.62. The number of hydrogen-bond donors (Lipinski definition) is 3. The van der Waals surface area contributed by atoms with Crippen molar-refractivity contribution in [3.63, 3.8) is 0 Å². The maximum Gasteiger partial charge on any atom is 0.0540 e. The molecule has 0 aliphatic heterocycles. The summed E-state index contributed by atoms with van der Waals surface area (Å²) in [5.41, 5.74) is 10.1. The minimum absolute atomic E-state index is 0.0728. The van der Waals surface area contributed by atoms with Gasteiger partial charge in [0.2, 0.25) is 0 Å². The number of hydrogen-bond acceptors (Lipinski definition) is 2. The van der Waals surface area contributed by atoms with Crippen molar-refractivity contribution in [1.82, 2.24) is 4.98 Å². The molecule has 4 N–H and O–H groups in total. The second kappa shape index (κ2) is 4.99. The maximum absolute atomic E-state index is 9.62. The molecule has 1 atom stereocenters. The highest BCUT2D eigenvalue weighted by Gasteiger charge is 2.27. The molecule has 0 radical (unpaired) electrons. The molecule has 1 saturated carbocycles. The summed E-state index contributed by atoms with van der Waals surface area (Å²) in [7, 11) is 0. The Morgan fingerprint density at radius 2 is 1.89 bits per heavy atom. The number of nitrogens with two attached hydrogens (primary N) is 1. The lowest BCUT2D eigenvalue weighted by Crippen LogP contribution is -2.28. The molecule has 1 fully saturated rings. The molecule has 0 saturated heterocycles. The van der Waals surface area contributed by atoms with Gasteiger partial charge in [0.1, 0.15) is 0 Å². The summed E-state index contributed by atoms with van der Waals surface area (Å²) in [6, 6.07) is 8.43. The summed E-state index contributed by atoms with van der Waals surface area (Å²) in [4.78, 5) is 3.43. The molecule has 0 bridgehead atoms. The van der Waals surface area contributed by atoms with Crippen molar-refractivity contribution in [3.8, 4) is 0 Å². The number of aromatic amines is 1. The molecule has 19 heavy (non-hydrogen) atoms. The molecular weight excluding hydrogens is 236 g/mol. The lowest BCUT2D eigenvalue weighted by Gasteiger charge is -2.30. The summed E-state index contributed by atoms with van der Waals surface area (Å²) in [5, 5.41) is 10.9. The van der Waals surface area contributed by atoms with Gasteiger partial charge in [0, 0.05) is 22.6 Å². The first kappa shape index (κ1) is 12.7. The fraction of sp³-hybridized carbons (Fsp3) is 0.500. The van der Waals surface area contributed by atoms with Gasteiger partial charge in [-0.2, -0.15) is 0 Å². The molecule has 1 heterocycles. The van der Waals surface area contributed by atoms with Gasteiger partial charge in [-0.1, -0.05) is 18.2 Å². The summed E-state index contributed by atoms with van der Waals surface area (Å²) in [5.74, 6) is 0.487. The smallest absolute Gasteiger partial charge is 0.0540 e. The van der Waals surface area contributed by atoms with E-state index in [9.17, 15) is 5.11 Å². The number of para-hydroxylation sites is 1. The van der Waals surface area contributed by atoms with Crippen molar-refractivity contribution >= 4 is 10.9 Å². The third-order valence-corrected chi connectivity index (χ3v) is 4.53. The highest BCUT2D eigenvalue weighted by Crippen LogP contribution is 2.37. The number of benzene rings is 1. The average Bonchev–Trinajstić information content (AvgIpc) is 2.74. The van der Waals surface area contributed by atoms with E-state index in [0.29, 0.717) is 5.92 Å². The molecule has 3 rings (SSSR count). The van der Waals surface area contributed by atoms with E-state index in [1.54, 1.807) is 0 Å². The standard InChI is InChI=1S/C16H22N2O/c1-10-15(13-4-2-3-5-14(13)18-10)16(17)11-6-8-12(19)9-7-11/h2-5,11-12,16,18-19H,6-9,17H2,1H3. The van der Waals surface area contributed by atoms with Crippen LogP contribution < -0.4 is 5.73 Å². The van der Waals surface area contributed by atoms with Gasteiger partial charge >= 0.3 is 0 Å². The Balaban J connectivity index is 1.93. The fourth-order valence-corrected chi connectivity index (χ4v) is 3.42. The predicted molar refractivity (Wildman–Crippen MR) is 77.9 cm³/mol. The Hall–Kier alpha value is -1.32.